The molecule has 1 aromatic heterocycles. The van der Waals surface area contributed by atoms with Crippen molar-refractivity contribution >= 4 is 34.1 Å². The standard InChI is InChI=1S/C12H10Cl2FNO/c1-2-3-6-4-9(17)10-8(16-6)5-7(13)12(15)11(10)14/h4-5H,2-3H2,1H3,(H,16,17). The third kappa shape index (κ3) is 2.17. The lowest BCUT2D eigenvalue weighted by molar-refractivity contribution is 0.630. The van der Waals surface area contributed by atoms with Gasteiger partial charge in [0.05, 0.1) is 20.9 Å². The second-order valence-corrected chi connectivity index (χ2v) is 4.60. The molecule has 0 atom stereocenters. The Morgan fingerprint density at radius 1 is 1.35 bits per heavy atom. The van der Waals surface area contributed by atoms with Crippen LogP contribution in [0.4, 0.5) is 4.39 Å². The van der Waals surface area contributed by atoms with Crippen molar-refractivity contribution in [2.24, 2.45) is 0 Å². The Balaban J connectivity index is 2.82. The summed E-state index contributed by atoms with van der Waals surface area (Å²) in [6.07, 6.45) is 1.65. The first-order chi connectivity index (χ1) is 8.04. The molecular formula is C12H10Cl2FNO. The molecule has 0 unspecified atom stereocenters. The van der Waals surface area contributed by atoms with Gasteiger partial charge in [-0.15, -0.1) is 0 Å². The van der Waals surface area contributed by atoms with Gasteiger partial charge in [0.1, 0.15) is 0 Å². The number of benzene rings is 1. The van der Waals surface area contributed by atoms with E-state index in [9.17, 15) is 9.18 Å². The van der Waals surface area contributed by atoms with Crippen LogP contribution in [-0.4, -0.2) is 4.98 Å². The van der Waals surface area contributed by atoms with E-state index >= 15 is 0 Å². The smallest absolute Gasteiger partial charge is 0.191 e. The maximum atomic E-state index is 13.5. The molecule has 5 heteroatoms. The lowest BCUT2D eigenvalue weighted by atomic mass is 10.1. The predicted molar refractivity (Wildman–Crippen MR) is 68.5 cm³/mol. The topological polar surface area (TPSA) is 32.9 Å². The van der Waals surface area contributed by atoms with Crippen LogP contribution in [0.1, 0.15) is 19.0 Å². The van der Waals surface area contributed by atoms with Crippen LogP contribution in [0.2, 0.25) is 10.0 Å². The van der Waals surface area contributed by atoms with E-state index in [0.29, 0.717) is 5.52 Å². The Morgan fingerprint density at radius 2 is 2.06 bits per heavy atom. The van der Waals surface area contributed by atoms with Gasteiger partial charge in [-0.1, -0.05) is 36.5 Å². The Hall–Kier alpha value is -1.06. The molecule has 90 valence electrons. The molecule has 2 nitrogen and oxygen atoms in total. The molecule has 0 saturated heterocycles. The third-order valence-electron chi connectivity index (χ3n) is 2.53. The van der Waals surface area contributed by atoms with Crippen molar-refractivity contribution in [2.45, 2.75) is 19.8 Å². The zero-order chi connectivity index (χ0) is 12.6. The molecular weight excluding hydrogens is 264 g/mol. The molecule has 0 aliphatic carbocycles. The number of hydrogen-bond acceptors (Lipinski definition) is 1. The number of hydrogen-bond donors (Lipinski definition) is 1. The summed E-state index contributed by atoms with van der Waals surface area (Å²) in [5.74, 6) is -0.755. The summed E-state index contributed by atoms with van der Waals surface area (Å²) in [4.78, 5) is 14.9. The lowest BCUT2D eigenvalue weighted by Crippen LogP contribution is -2.06. The van der Waals surface area contributed by atoms with Gasteiger partial charge < -0.3 is 4.98 Å². The Labute approximate surface area is 107 Å². The minimum Gasteiger partial charge on any atom is -0.358 e. The number of pyridine rings is 1. The fourth-order valence-corrected chi connectivity index (χ4v) is 2.33. The second kappa shape index (κ2) is 4.67. The number of aromatic amines is 1. The minimum atomic E-state index is -0.755. The molecule has 1 N–H and O–H groups in total. The number of rotatable bonds is 2. The van der Waals surface area contributed by atoms with Gasteiger partial charge in [0.15, 0.2) is 11.2 Å². The van der Waals surface area contributed by atoms with Gasteiger partial charge in [-0.2, -0.15) is 0 Å². The third-order valence-corrected chi connectivity index (χ3v) is 3.16. The first-order valence-electron chi connectivity index (χ1n) is 5.24. The molecule has 1 heterocycles. The quantitative estimate of drug-likeness (QED) is 0.827. The van der Waals surface area contributed by atoms with E-state index in [1.54, 1.807) is 0 Å². The van der Waals surface area contributed by atoms with Crippen LogP contribution in [0.15, 0.2) is 16.9 Å². The van der Waals surface area contributed by atoms with Gasteiger partial charge >= 0.3 is 0 Å². The van der Waals surface area contributed by atoms with Gasteiger partial charge in [-0.25, -0.2) is 4.39 Å². The lowest BCUT2D eigenvalue weighted by Gasteiger charge is -2.06. The van der Waals surface area contributed by atoms with Crippen molar-refractivity contribution in [3.8, 4) is 0 Å². The van der Waals surface area contributed by atoms with Crippen molar-refractivity contribution in [1.82, 2.24) is 4.98 Å². The molecule has 0 fully saturated rings. The summed E-state index contributed by atoms with van der Waals surface area (Å²) in [5, 5.41) is -0.169. The zero-order valence-corrected chi connectivity index (χ0v) is 10.6. The van der Waals surface area contributed by atoms with Crippen LogP contribution in [0.5, 0.6) is 0 Å². The average molecular weight is 274 g/mol. The van der Waals surface area contributed by atoms with Crippen LogP contribution in [-0.2, 0) is 6.42 Å². The highest BCUT2D eigenvalue weighted by molar-refractivity contribution is 6.38. The largest absolute Gasteiger partial charge is 0.358 e. The van der Waals surface area contributed by atoms with Crippen LogP contribution < -0.4 is 5.43 Å². The summed E-state index contributed by atoms with van der Waals surface area (Å²) in [7, 11) is 0. The zero-order valence-electron chi connectivity index (χ0n) is 9.11. The number of nitrogens with one attached hydrogen (secondary N) is 1. The summed E-state index contributed by atoms with van der Waals surface area (Å²) < 4.78 is 13.5. The number of fused-ring (bicyclic) bond motifs is 1. The van der Waals surface area contributed by atoms with Crippen molar-refractivity contribution in [3.05, 3.63) is 43.9 Å². The molecule has 0 amide bonds. The van der Waals surface area contributed by atoms with Gasteiger partial charge in [0.25, 0.3) is 0 Å². The molecule has 0 aliphatic rings. The average Bonchev–Trinajstić information content (AvgIpc) is 2.25. The molecule has 0 spiro atoms. The van der Waals surface area contributed by atoms with Gasteiger partial charge in [-0.3, -0.25) is 4.79 Å². The Bertz CT molecular complexity index is 636. The van der Waals surface area contributed by atoms with Crippen molar-refractivity contribution < 1.29 is 4.39 Å². The molecule has 2 aromatic rings. The summed E-state index contributed by atoms with van der Waals surface area (Å²) in [5.41, 5.74) is 0.976. The van der Waals surface area contributed by atoms with Crippen LogP contribution in [0.25, 0.3) is 10.9 Å². The Kier molecular flexibility index (Phi) is 3.40. The van der Waals surface area contributed by atoms with Crippen LogP contribution in [0.3, 0.4) is 0 Å². The van der Waals surface area contributed by atoms with Gasteiger partial charge in [0, 0.05) is 11.8 Å². The highest BCUT2D eigenvalue weighted by Crippen LogP contribution is 2.29. The number of aryl methyl sites for hydroxylation is 1. The van der Waals surface area contributed by atoms with Gasteiger partial charge in [0.2, 0.25) is 0 Å². The maximum absolute atomic E-state index is 13.5. The molecule has 0 bridgehead atoms. The van der Waals surface area contributed by atoms with E-state index < -0.39 is 5.82 Å². The van der Waals surface area contributed by atoms with Crippen molar-refractivity contribution in [1.29, 1.82) is 0 Å². The van der Waals surface area contributed by atoms with E-state index in [1.807, 2.05) is 6.92 Å². The maximum Gasteiger partial charge on any atom is 0.191 e. The van der Waals surface area contributed by atoms with E-state index in [1.165, 1.54) is 12.1 Å². The second-order valence-electron chi connectivity index (χ2n) is 3.82. The molecule has 17 heavy (non-hydrogen) atoms. The van der Waals surface area contributed by atoms with E-state index in [4.69, 9.17) is 23.2 Å². The summed E-state index contributed by atoms with van der Waals surface area (Å²) in [6, 6.07) is 2.84. The molecule has 2 rings (SSSR count). The molecule has 0 saturated carbocycles. The fraction of sp³-hybridized carbons (Fsp3) is 0.250. The molecule has 1 aromatic carbocycles. The predicted octanol–water partition coefficient (Wildman–Crippen LogP) is 3.93. The number of H-pyrrole nitrogens is 1. The SMILES string of the molecule is CCCc1cc(=O)c2c(Cl)c(F)c(Cl)cc2[nH]1. The van der Waals surface area contributed by atoms with Gasteiger partial charge in [-0.05, 0) is 12.5 Å². The monoisotopic (exact) mass is 273 g/mol. The van der Waals surface area contributed by atoms with Crippen molar-refractivity contribution in [3.63, 3.8) is 0 Å². The molecule has 0 aliphatic heterocycles. The van der Waals surface area contributed by atoms with Crippen LogP contribution in [0, 0.1) is 5.82 Å². The van der Waals surface area contributed by atoms with E-state index in [0.717, 1.165) is 18.5 Å². The Morgan fingerprint density at radius 3 is 2.71 bits per heavy atom. The number of halogens is 3. The first-order valence-corrected chi connectivity index (χ1v) is 5.99. The normalized spacial score (nSPS) is 11.1. The van der Waals surface area contributed by atoms with Crippen LogP contribution >= 0.6 is 23.2 Å². The fourth-order valence-electron chi connectivity index (χ4n) is 1.78. The first kappa shape index (κ1) is 12.4. The van der Waals surface area contributed by atoms with E-state index in [2.05, 4.69) is 4.98 Å². The highest BCUT2D eigenvalue weighted by atomic mass is 35.5. The summed E-state index contributed by atoms with van der Waals surface area (Å²) in [6.45, 7) is 2.01. The highest BCUT2D eigenvalue weighted by Gasteiger charge is 2.13. The van der Waals surface area contributed by atoms with Crippen molar-refractivity contribution in [2.75, 3.05) is 0 Å². The molecule has 0 radical (unpaired) electrons. The van der Waals surface area contributed by atoms with E-state index in [-0.39, 0.29) is 20.9 Å². The number of aromatic nitrogens is 1. The summed E-state index contributed by atoms with van der Waals surface area (Å²) >= 11 is 11.5. The minimum absolute atomic E-state index is 0.0909.